The molecule has 1 N–H and O–H groups in total. The molecule has 2 heterocycles. The number of halogens is 1. The topological polar surface area (TPSA) is 67.2 Å². The Kier molecular flexibility index (Phi) is 5.05. The van der Waals surface area contributed by atoms with Gasteiger partial charge in [-0.1, -0.05) is 37.6 Å². The summed E-state index contributed by atoms with van der Waals surface area (Å²) in [6.07, 6.45) is 4.11. The van der Waals surface area contributed by atoms with E-state index in [1.165, 1.54) is 0 Å². The molecule has 6 nitrogen and oxygen atoms in total. The SMILES string of the molecule is Cn1cc(C(=O)N2CC(C)(C)C[C@H]2CNC(=O)c2ccccc2Cl)cn1. The van der Waals surface area contributed by atoms with Gasteiger partial charge in [-0.25, -0.2) is 0 Å². The van der Waals surface area contributed by atoms with Crippen LogP contribution >= 0.6 is 11.6 Å². The van der Waals surface area contributed by atoms with Gasteiger partial charge in [0.1, 0.15) is 0 Å². The number of hydrogen-bond donors (Lipinski definition) is 1. The van der Waals surface area contributed by atoms with Crippen molar-refractivity contribution in [2.75, 3.05) is 13.1 Å². The Morgan fingerprint density at radius 1 is 1.35 bits per heavy atom. The fraction of sp³-hybridized carbons (Fsp3) is 0.421. The molecule has 0 unspecified atom stereocenters. The lowest BCUT2D eigenvalue weighted by atomic mass is 9.91. The molecule has 1 aromatic heterocycles. The van der Waals surface area contributed by atoms with Crippen molar-refractivity contribution in [1.29, 1.82) is 0 Å². The van der Waals surface area contributed by atoms with Crippen LogP contribution in [0, 0.1) is 5.41 Å². The number of rotatable bonds is 4. The molecule has 0 bridgehead atoms. The van der Waals surface area contributed by atoms with Crippen LogP contribution in [-0.2, 0) is 7.05 Å². The predicted octanol–water partition coefficient (Wildman–Crippen LogP) is 2.74. The van der Waals surface area contributed by atoms with Gasteiger partial charge in [0, 0.05) is 32.4 Å². The number of hydrogen-bond acceptors (Lipinski definition) is 3. The molecule has 0 aliphatic carbocycles. The lowest BCUT2D eigenvalue weighted by Crippen LogP contribution is -2.43. The molecule has 1 saturated heterocycles. The molecule has 7 heteroatoms. The first-order valence-electron chi connectivity index (χ1n) is 8.59. The Morgan fingerprint density at radius 3 is 2.73 bits per heavy atom. The molecule has 3 rings (SSSR count). The summed E-state index contributed by atoms with van der Waals surface area (Å²) in [5.74, 6) is -0.283. The van der Waals surface area contributed by atoms with E-state index in [1.807, 2.05) is 4.90 Å². The smallest absolute Gasteiger partial charge is 0.257 e. The van der Waals surface area contributed by atoms with Gasteiger partial charge in [0.2, 0.25) is 0 Å². The van der Waals surface area contributed by atoms with Gasteiger partial charge in [-0.3, -0.25) is 14.3 Å². The minimum absolute atomic E-state index is 0.00233. The first kappa shape index (κ1) is 18.5. The predicted molar refractivity (Wildman–Crippen MR) is 100 cm³/mol. The summed E-state index contributed by atoms with van der Waals surface area (Å²) in [4.78, 5) is 27.1. The number of aryl methyl sites for hydroxylation is 1. The van der Waals surface area contributed by atoms with Gasteiger partial charge in [0.15, 0.2) is 0 Å². The Labute approximate surface area is 158 Å². The average Bonchev–Trinajstić information content (AvgIpc) is 3.15. The minimum Gasteiger partial charge on any atom is -0.350 e. The molecule has 1 fully saturated rings. The lowest BCUT2D eigenvalue weighted by Gasteiger charge is -2.24. The van der Waals surface area contributed by atoms with Crippen molar-refractivity contribution in [1.82, 2.24) is 20.0 Å². The van der Waals surface area contributed by atoms with Crippen molar-refractivity contribution in [2.45, 2.75) is 26.3 Å². The zero-order valence-electron chi connectivity index (χ0n) is 15.2. The Bertz CT molecular complexity index is 830. The quantitative estimate of drug-likeness (QED) is 0.894. The van der Waals surface area contributed by atoms with E-state index in [4.69, 9.17) is 11.6 Å². The van der Waals surface area contributed by atoms with Crippen molar-refractivity contribution < 1.29 is 9.59 Å². The van der Waals surface area contributed by atoms with E-state index < -0.39 is 0 Å². The zero-order valence-corrected chi connectivity index (χ0v) is 16.0. The molecular weight excluding hydrogens is 352 g/mol. The van der Waals surface area contributed by atoms with E-state index in [-0.39, 0.29) is 23.3 Å². The fourth-order valence-electron chi connectivity index (χ4n) is 3.47. The zero-order chi connectivity index (χ0) is 18.9. The molecule has 1 aliphatic heterocycles. The van der Waals surface area contributed by atoms with Crippen LogP contribution in [0.1, 0.15) is 41.0 Å². The maximum Gasteiger partial charge on any atom is 0.257 e. The first-order valence-corrected chi connectivity index (χ1v) is 8.97. The summed E-state index contributed by atoms with van der Waals surface area (Å²) >= 11 is 6.09. The van der Waals surface area contributed by atoms with Crippen LogP contribution in [0.2, 0.25) is 5.02 Å². The largest absolute Gasteiger partial charge is 0.350 e. The van der Waals surface area contributed by atoms with Crippen molar-refractivity contribution in [3.8, 4) is 0 Å². The van der Waals surface area contributed by atoms with E-state index in [1.54, 1.807) is 48.4 Å². The third-order valence-electron chi connectivity index (χ3n) is 4.66. The molecule has 0 spiro atoms. The monoisotopic (exact) mass is 374 g/mol. The van der Waals surface area contributed by atoms with E-state index >= 15 is 0 Å². The van der Waals surface area contributed by atoms with Gasteiger partial charge in [0.05, 0.1) is 22.3 Å². The van der Waals surface area contributed by atoms with E-state index in [2.05, 4.69) is 24.3 Å². The third-order valence-corrected chi connectivity index (χ3v) is 4.99. The molecule has 0 saturated carbocycles. The molecule has 1 atom stereocenters. The van der Waals surface area contributed by atoms with Gasteiger partial charge >= 0.3 is 0 Å². The molecule has 1 aromatic carbocycles. The molecule has 2 amide bonds. The van der Waals surface area contributed by atoms with Crippen LogP contribution in [0.3, 0.4) is 0 Å². The van der Waals surface area contributed by atoms with E-state index in [9.17, 15) is 9.59 Å². The van der Waals surface area contributed by atoms with Crippen molar-refractivity contribution in [2.24, 2.45) is 12.5 Å². The van der Waals surface area contributed by atoms with Crippen LogP contribution < -0.4 is 5.32 Å². The van der Waals surface area contributed by atoms with E-state index in [0.29, 0.717) is 29.2 Å². The highest BCUT2D eigenvalue weighted by Crippen LogP contribution is 2.34. The van der Waals surface area contributed by atoms with E-state index in [0.717, 1.165) is 6.42 Å². The number of aromatic nitrogens is 2. The Morgan fingerprint density at radius 2 is 2.08 bits per heavy atom. The summed E-state index contributed by atoms with van der Waals surface area (Å²) in [7, 11) is 1.78. The van der Waals surface area contributed by atoms with Gasteiger partial charge in [-0.2, -0.15) is 5.10 Å². The number of nitrogens with zero attached hydrogens (tertiary/aromatic N) is 3. The van der Waals surface area contributed by atoms with Crippen molar-refractivity contribution in [3.63, 3.8) is 0 Å². The van der Waals surface area contributed by atoms with Crippen LogP contribution in [0.5, 0.6) is 0 Å². The Balaban J connectivity index is 1.71. The number of nitrogens with one attached hydrogen (secondary N) is 1. The highest BCUT2D eigenvalue weighted by molar-refractivity contribution is 6.33. The summed E-state index contributed by atoms with van der Waals surface area (Å²) in [6.45, 7) is 5.30. The Hall–Kier alpha value is -2.34. The second-order valence-corrected chi connectivity index (χ2v) is 7.95. The van der Waals surface area contributed by atoms with Gasteiger partial charge in [-0.15, -0.1) is 0 Å². The van der Waals surface area contributed by atoms with Gasteiger partial charge in [0.25, 0.3) is 11.8 Å². The average molecular weight is 375 g/mol. The first-order chi connectivity index (χ1) is 12.3. The fourth-order valence-corrected chi connectivity index (χ4v) is 3.69. The maximum absolute atomic E-state index is 12.9. The second-order valence-electron chi connectivity index (χ2n) is 7.55. The van der Waals surface area contributed by atoms with Gasteiger partial charge < -0.3 is 10.2 Å². The number of carbonyl (C=O) groups is 2. The van der Waals surface area contributed by atoms with Crippen LogP contribution in [-0.4, -0.2) is 45.6 Å². The maximum atomic E-state index is 12.9. The number of benzene rings is 1. The molecule has 1 aliphatic rings. The highest BCUT2D eigenvalue weighted by Gasteiger charge is 2.40. The molecular formula is C19H23ClN4O2. The number of likely N-dealkylation sites (tertiary alicyclic amines) is 1. The molecule has 138 valence electrons. The standard InChI is InChI=1S/C19H23ClN4O2/c1-19(2)8-14(10-21-17(25)15-6-4-5-7-16(15)20)24(12-19)18(26)13-9-22-23(3)11-13/h4-7,9,11,14H,8,10,12H2,1-3H3,(H,21,25)/t14-/m0/s1. The normalized spacial score (nSPS) is 18.8. The molecule has 2 aromatic rings. The number of amides is 2. The number of carbonyl (C=O) groups excluding carboxylic acids is 2. The third kappa shape index (κ3) is 3.90. The second kappa shape index (κ2) is 7.11. The van der Waals surface area contributed by atoms with Crippen molar-refractivity contribution >= 4 is 23.4 Å². The highest BCUT2D eigenvalue weighted by atomic mass is 35.5. The van der Waals surface area contributed by atoms with Crippen LogP contribution in [0.15, 0.2) is 36.7 Å². The summed E-state index contributed by atoms with van der Waals surface area (Å²) in [5.41, 5.74) is 1.00. The molecule has 0 radical (unpaired) electrons. The minimum atomic E-state index is -0.228. The summed E-state index contributed by atoms with van der Waals surface area (Å²) < 4.78 is 1.61. The van der Waals surface area contributed by atoms with Gasteiger partial charge in [-0.05, 0) is 24.0 Å². The lowest BCUT2D eigenvalue weighted by molar-refractivity contribution is 0.0715. The molecule has 26 heavy (non-hydrogen) atoms. The van der Waals surface area contributed by atoms with Crippen molar-refractivity contribution in [3.05, 3.63) is 52.8 Å². The summed E-state index contributed by atoms with van der Waals surface area (Å²) in [5, 5.41) is 7.42. The van der Waals surface area contributed by atoms with Crippen LogP contribution in [0.25, 0.3) is 0 Å². The van der Waals surface area contributed by atoms with Crippen LogP contribution in [0.4, 0.5) is 0 Å². The summed E-state index contributed by atoms with van der Waals surface area (Å²) in [6, 6.07) is 6.87.